The average molecular weight is 195 g/mol. The molecule has 1 saturated heterocycles. The molecule has 1 N–H and O–H groups in total. The summed E-state index contributed by atoms with van der Waals surface area (Å²) in [6, 6.07) is 0. The zero-order valence-electron chi connectivity index (χ0n) is 8.57. The van der Waals surface area contributed by atoms with E-state index in [9.17, 15) is 0 Å². The van der Waals surface area contributed by atoms with Crippen LogP contribution in [0.5, 0.6) is 0 Å². The van der Waals surface area contributed by atoms with Gasteiger partial charge in [0.05, 0.1) is 18.6 Å². The molecule has 2 heterocycles. The van der Waals surface area contributed by atoms with Crippen LogP contribution < -0.4 is 5.32 Å². The van der Waals surface area contributed by atoms with Gasteiger partial charge in [-0.15, -0.1) is 0 Å². The van der Waals surface area contributed by atoms with E-state index in [1.54, 1.807) is 0 Å². The number of rotatable bonds is 4. The van der Waals surface area contributed by atoms with Gasteiger partial charge in [0.2, 0.25) is 0 Å². The fourth-order valence-electron chi connectivity index (χ4n) is 1.70. The summed E-state index contributed by atoms with van der Waals surface area (Å²) in [5.41, 5.74) is 1.23. The Bertz CT molecular complexity index is 279. The molecular formula is C10H17N3O. The van der Waals surface area contributed by atoms with Crippen LogP contribution in [0, 0.1) is 5.92 Å². The smallest absolute Gasteiger partial charge is 0.0945 e. The number of aromatic nitrogens is 2. The van der Waals surface area contributed by atoms with Crippen LogP contribution in [0.15, 0.2) is 12.5 Å². The van der Waals surface area contributed by atoms with Crippen LogP contribution in [0.2, 0.25) is 0 Å². The summed E-state index contributed by atoms with van der Waals surface area (Å²) < 4.78 is 7.35. The van der Waals surface area contributed by atoms with E-state index in [1.807, 2.05) is 24.1 Å². The Balaban J connectivity index is 1.70. The molecule has 1 fully saturated rings. The highest BCUT2D eigenvalue weighted by Crippen LogP contribution is 2.10. The first-order valence-corrected chi connectivity index (χ1v) is 5.10. The summed E-state index contributed by atoms with van der Waals surface area (Å²) in [6.45, 7) is 3.79. The third-order valence-corrected chi connectivity index (χ3v) is 2.68. The number of imidazole rings is 1. The lowest BCUT2D eigenvalue weighted by atomic mass is 10.1. The van der Waals surface area contributed by atoms with Crippen LogP contribution in [0.4, 0.5) is 0 Å². The molecule has 4 heteroatoms. The fraction of sp³-hybridized carbons (Fsp3) is 0.700. The average Bonchev–Trinajstić information content (AvgIpc) is 2.78. The van der Waals surface area contributed by atoms with E-state index in [4.69, 9.17) is 4.74 Å². The molecule has 0 aromatic carbocycles. The lowest BCUT2D eigenvalue weighted by Gasteiger charge is -2.09. The van der Waals surface area contributed by atoms with E-state index in [-0.39, 0.29) is 0 Å². The van der Waals surface area contributed by atoms with Gasteiger partial charge in [0.25, 0.3) is 0 Å². The van der Waals surface area contributed by atoms with Crippen LogP contribution in [-0.4, -0.2) is 29.3 Å². The third kappa shape index (κ3) is 2.33. The van der Waals surface area contributed by atoms with Crippen molar-refractivity contribution < 1.29 is 4.74 Å². The first-order chi connectivity index (χ1) is 6.86. The van der Waals surface area contributed by atoms with Crippen LogP contribution in [0.1, 0.15) is 12.1 Å². The van der Waals surface area contributed by atoms with Gasteiger partial charge in [0.1, 0.15) is 0 Å². The van der Waals surface area contributed by atoms with Crippen molar-refractivity contribution >= 4 is 0 Å². The Kier molecular flexibility index (Phi) is 3.16. The minimum atomic E-state index is 0.697. The predicted molar refractivity (Wildman–Crippen MR) is 53.8 cm³/mol. The van der Waals surface area contributed by atoms with Crippen molar-refractivity contribution in [2.75, 3.05) is 19.8 Å². The SMILES string of the molecule is Cn1cncc1CNCC1CCOC1. The molecule has 0 saturated carbocycles. The minimum Gasteiger partial charge on any atom is -0.381 e. The highest BCUT2D eigenvalue weighted by Gasteiger charge is 2.14. The normalized spacial score (nSPS) is 21.6. The molecule has 78 valence electrons. The molecule has 0 bridgehead atoms. The number of nitrogens with zero attached hydrogens (tertiary/aromatic N) is 2. The fourth-order valence-corrected chi connectivity index (χ4v) is 1.70. The molecule has 14 heavy (non-hydrogen) atoms. The molecule has 2 rings (SSSR count). The third-order valence-electron chi connectivity index (χ3n) is 2.68. The number of aryl methyl sites for hydroxylation is 1. The van der Waals surface area contributed by atoms with Gasteiger partial charge in [-0.2, -0.15) is 0 Å². The Morgan fingerprint density at radius 3 is 3.29 bits per heavy atom. The van der Waals surface area contributed by atoms with Crippen molar-refractivity contribution in [1.82, 2.24) is 14.9 Å². The maximum Gasteiger partial charge on any atom is 0.0945 e. The van der Waals surface area contributed by atoms with Crippen molar-refractivity contribution in [2.45, 2.75) is 13.0 Å². The second-order valence-corrected chi connectivity index (χ2v) is 3.86. The molecule has 1 unspecified atom stereocenters. The predicted octanol–water partition coefficient (Wildman–Crippen LogP) is 0.546. The van der Waals surface area contributed by atoms with E-state index in [2.05, 4.69) is 10.3 Å². The molecule has 1 atom stereocenters. The van der Waals surface area contributed by atoms with Gasteiger partial charge in [-0.1, -0.05) is 0 Å². The zero-order valence-corrected chi connectivity index (χ0v) is 8.57. The molecule has 0 aliphatic carbocycles. The number of ether oxygens (including phenoxy) is 1. The second-order valence-electron chi connectivity index (χ2n) is 3.86. The number of nitrogens with one attached hydrogen (secondary N) is 1. The second kappa shape index (κ2) is 4.57. The van der Waals surface area contributed by atoms with Crippen molar-refractivity contribution in [2.24, 2.45) is 13.0 Å². The standard InChI is InChI=1S/C10H17N3O/c1-13-8-12-6-10(13)5-11-4-9-2-3-14-7-9/h6,8-9,11H,2-5,7H2,1H3. The molecule has 1 aromatic rings. The minimum absolute atomic E-state index is 0.697. The van der Waals surface area contributed by atoms with E-state index in [1.165, 1.54) is 12.1 Å². The molecule has 1 aromatic heterocycles. The van der Waals surface area contributed by atoms with E-state index >= 15 is 0 Å². The maximum absolute atomic E-state index is 5.31. The summed E-state index contributed by atoms with van der Waals surface area (Å²) in [7, 11) is 2.02. The first kappa shape index (κ1) is 9.68. The van der Waals surface area contributed by atoms with Crippen LogP contribution in [0.3, 0.4) is 0 Å². The van der Waals surface area contributed by atoms with Gasteiger partial charge < -0.3 is 14.6 Å². The highest BCUT2D eigenvalue weighted by molar-refractivity contribution is 4.96. The van der Waals surface area contributed by atoms with Crippen molar-refractivity contribution in [1.29, 1.82) is 0 Å². The van der Waals surface area contributed by atoms with Crippen molar-refractivity contribution in [3.05, 3.63) is 18.2 Å². The number of hydrogen-bond donors (Lipinski definition) is 1. The summed E-state index contributed by atoms with van der Waals surface area (Å²) in [5.74, 6) is 0.697. The van der Waals surface area contributed by atoms with Gasteiger partial charge in [-0.05, 0) is 12.3 Å². The summed E-state index contributed by atoms with van der Waals surface area (Å²) in [6.07, 6.45) is 4.92. The Morgan fingerprint density at radius 1 is 1.71 bits per heavy atom. The van der Waals surface area contributed by atoms with Crippen molar-refractivity contribution in [3.63, 3.8) is 0 Å². The lowest BCUT2D eigenvalue weighted by molar-refractivity contribution is 0.185. The monoisotopic (exact) mass is 195 g/mol. The van der Waals surface area contributed by atoms with Gasteiger partial charge in [-0.3, -0.25) is 0 Å². The van der Waals surface area contributed by atoms with Gasteiger partial charge in [-0.25, -0.2) is 4.98 Å². The van der Waals surface area contributed by atoms with Crippen molar-refractivity contribution in [3.8, 4) is 0 Å². The Labute approximate surface area is 84.3 Å². The molecule has 0 amide bonds. The molecule has 1 aliphatic heterocycles. The molecule has 4 nitrogen and oxygen atoms in total. The quantitative estimate of drug-likeness (QED) is 0.762. The van der Waals surface area contributed by atoms with Crippen LogP contribution >= 0.6 is 0 Å². The summed E-state index contributed by atoms with van der Waals surface area (Å²) in [5, 5.41) is 3.43. The topological polar surface area (TPSA) is 39.1 Å². The zero-order chi connectivity index (χ0) is 9.80. The van der Waals surface area contributed by atoms with Gasteiger partial charge in [0, 0.05) is 32.9 Å². The number of hydrogen-bond acceptors (Lipinski definition) is 3. The van der Waals surface area contributed by atoms with E-state index < -0.39 is 0 Å². The van der Waals surface area contributed by atoms with E-state index in [0.717, 1.165) is 26.3 Å². The largest absolute Gasteiger partial charge is 0.381 e. The molecule has 0 spiro atoms. The van der Waals surface area contributed by atoms with E-state index in [0.29, 0.717) is 5.92 Å². The molecule has 1 aliphatic rings. The van der Waals surface area contributed by atoms with Gasteiger partial charge in [0.15, 0.2) is 0 Å². The first-order valence-electron chi connectivity index (χ1n) is 5.10. The highest BCUT2D eigenvalue weighted by atomic mass is 16.5. The summed E-state index contributed by atoms with van der Waals surface area (Å²) >= 11 is 0. The maximum atomic E-state index is 5.31. The van der Waals surface area contributed by atoms with Crippen LogP contribution in [-0.2, 0) is 18.3 Å². The Morgan fingerprint density at radius 2 is 2.64 bits per heavy atom. The van der Waals surface area contributed by atoms with Crippen LogP contribution in [0.25, 0.3) is 0 Å². The summed E-state index contributed by atoms with van der Waals surface area (Å²) in [4.78, 5) is 4.07. The molecule has 0 radical (unpaired) electrons. The Hall–Kier alpha value is -0.870. The lowest BCUT2D eigenvalue weighted by Crippen LogP contribution is -2.23. The van der Waals surface area contributed by atoms with Gasteiger partial charge >= 0.3 is 0 Å². The molecular weight excluding hydrogens is 178 g/mol.